The largest absolute Gasteiger partial charge is 0.480 e. The van der Waals surface area contributed by atoms with Gasteiger partial charge in [0.1, 0.15) is 12.6 Å². The first-order valence-electron chi connectivity index (χ1n) is 8.84. The van der Waals surface area contributed by atoms with Gasteiger partial charge < -0.3 is 14.6 Å². The molecule has 1 atom stereocenters. The highest BCUT2D eigenvalue weighted by Gasteiger charge is 2.31. The van der Waals surface area contributed by atoms with Gasteiger partial charge in [-0.3, -0.25) is 4.90 Å². The number of aliphatic carboxylic acids is 1. The topological polar surface area (TPSA) is 76.1 Å². The monoisotopic (exact) mass is 369 g/mol. The minimum atomic E-state index is -1.08. The molecule has 0 saturated heterocycles. The number of methoxy groups -OCH3 is 1. The molecular formula is C21H23NO5. The highest BCUT2D eigenvalue weighted by atomic mass is 16.6. The summed E-state index contributed by atoms with van der Waals surface area (Å²) in [6, 6.07) is 15.1. The quantitative estimate of drug-likeness (QED) is 0.810. The van der Waals surface area contributed by atoms with Crippen molar-refractivity contribution < 1.29 is 24.2 Å². The zero-order valence-electron chi connectivity index (χ0n) is 15.4. The predicted molar refractivity (Wildman–Crippen MR) is 101 cm³/mol. The Morgan fingerprint density at radius 3 is 2.15 bits per heavy atom. The minimum absolute atomic E-state index is 0.0583. The molecule has 1 N–H and O–H groups in total. The fraction of sp³-hybridized carbons (Fsp3) is 0.333. The van der Waals surface area contributed by atoms with Crippen LogP contribution < -0.4 is 0 Å². The van der Waals surface area contributed by atoms with Gasteiger partial charge in [-0.25, -0.2) is 9.59 Å². The molecule has 0 bridgehead atoms. The van der Waals surface area contributed by atoms with Crippen LogP contribution in [0.4, 0.5) is 4.79 Å². The van der Waals surface area contributed by atoms with E-state index in [0.717, 1.165) is 27.2 Å². The Kier molecular flexibility index (Phi) is 5.76. The van der Waals surface area contributed by atoms with Gasteiger partial charge in [0.2, 0.25) is 0 Å². The average molecular weight is 369 g/mol. The lowest BCUT2D eigenvalue weighted by Crippen LogP contribution is -2.43. The number of nitrogens with zero attached hydrogens (tertiary/aromatic N) is 1. The van der Waals surface area contributed by atoms with Crippen molar-refractivity contribution >= 4 is 12.1 Å². The molecular weight excluding hydrogens is 346 g/mol. The number of benzene rings is 2. The predicted octanol–water partition coefficient (Wildman–Crippen LogP) is 3.36. The molecule has 6 nitrogen and oxygen atoms in total. The number of rotatable bonds is 7. The number of amides is 1. The van der Waals surface area contributed by atoms with E-state index in [-0.39, 0.29) is 25.6 Å². The molecule has 6 heteroatoms. The van der Waals surface area contributed by atoms with Crippen molar-refractivity contribution in [3.05, 3.63) is 59.7 Å². The molecule has 0 radical (unpaired) electrons. The lowest BCUT2D eigenvalue weighted by Gasteiger charge is -2.25. The second-order valence-corrected chi connectivity index (χ2v) is 6.55. The molecule has 0 aromatic heterocycles. The molecule has 0 fully saturated rings. The van der Waals surface area contributed by atoms with Crippen LogP contribution in [0.25, 0.3) is 11.1 Å². The lowest BCUT2D eigenvalue weighted by molar-refractivity contribution is -0.142. The second-order valence-electron chi connectivity index (χ2n) is 6.55. The Morgan fingerprint density at radius 2 is 1.63 bits per heavy atom. The fourth-order valence-electron chi connectivity index (χ4n) is 3.54. The standard InChI is InChI=1S/C21H23NO5/c1-22(19(20(23)24)11-12-26-2)21(25)27-13-18-16-9-5-3-7-14(16)15-8-4-6-10-17(15)18/h3-10,18-19H,11-13H2,1-2H3,(H,23,24)/t19-/m0/s1. The molecule has 0 spiro atoms. The van der Waals surface area contributed by atoms with Crippen LogP contribution in [-0.4, -0.2) is 55.5 Å². The molecule has 142 valence electrons. The van der Waals surface area contributed by atoms with Gasteiger partial charge in [0.05, 0.1) is 0 Å². The molecule has 3 rings (SSSR count). The van der Waals surface area contributed by atoms with E-state index in [1.165, 1.54) is 14.2 Å². The van der Waals surface area contributed by atoms with E-state index in [1.54, 1.807) is 0 Å². The van der Waals surface area contributed by atoms with Crippen LogP contribution in [-0.2, 0) is 14.3 Å². The van der Waals surface area contributed by atoms with Crippen molar-refractivity contribution in [1.29, 1.82) is 0 Å². The molecule has 0 unspecified atom stereocenters. The van der Waals surface area contributed by atoms with Gasteiger partial charge in [0, 0.05) is 33.1 Å². The fourth-order valence-corrected chi connectivity index (χ4v) is 3.54. The normalized spacial score (nSPS) is 13.6. The summed E-state index contributed by atoms with van der Waals surface area (Å²) < 4.78 is 10.4. The molecule has 1 amide bonds. The maximum absolute atomic E-state index is 12.4. The van der Waals surface area contributed by atoms with Crippen LogP contribution in [0.2, 0.25) is 0 Å². The second kappa shape index (κ2) is 8.22. The summed E-state index contributed by atoms with van der Waals surface area (Å²) in [6.07, 6.45) is -0.452. The Labute approximate surface area is 158 Å². The van der Waals surface area contributed by atoms with E-state index in [0.29, 0.717) is 0 Å². The number of carboxylic acid groups (broad SMARTS) is 1. The number of carboxylic acids is 1. The Balaban J connectivity index is 1.73. The zero-order valence-corrected chi connectivity index (χ0v) is 15.4. The zero-order chi connectivity index (χ0) is 19.4. The maximum atomic E-state index is 12.4. The number of likely N-dealkylation sites (N-methyl/N-ethyl adjacent to an activating group) is 1. The summed E-state index contributed by atoms with van der Waals surface area (Å²) in [5, 5.41) is 9.35. The lowest BCUT2D eigenvalue weighted by atomic mass is 9.98. The number of carbonyl (C=O) groups is 2. The molecule has 0 aliphatic heterocycles. The highest BCUT2D eigenvalue weighted by molar-refractivity contribution is 5.81. The molecule has 1 aliphatic carbocycles. The third-order valence-electron chi connectivity index (χ3n) is 4.97. The first-order valence-corrected chi connectivity index (χ1v) is 8.84. The molecule has 27 heavy (non-hydrogen) atoms. The molecule has 1 aliphatic rings. The van der Waals surface area contributed by atoms with Gasteiger partial charge >= 0.3 is 12.1 Å². The summed E-state index contributed by atoms with van der Waals surface area (Å²) in [5.41, 5.74) is 4.52. The van der Waals surface area contributed by atoms with Crippen molar-refractivity contribution in [1.82, 2.24) is 4.90 Å². The van der Waals surface area contributed by atoms with Crippen LogP contribution in [0.5, 0.6) is 0 Å². The van der Waals surface area contributed by atoms with Crippen LogP contribution in [0, 0.1) is 0 Å². The van der Waals surface area contributed by atoms with Crippen molar-refractivity contribution in [3.63, 3.8) is 0 Å². The maximum Gasteiger partial charge on any atom is 0.410 e. The van der Waals surface area contributed by atoms with E-state index in [4.69, 9.17) is 9.47 Å². The summed E-state index contributed by atoms with van der Waals surface area (Å²) in [4.78, 5) is 25.0. The van der Waals surface area contributed by atoms with E-state index in [9.17, 15) is 14.7 Å². The van der Waals surface area contributed by atoms with E-state index in [1.807, 2.05) is 36.4 Å². The van der Waals surface area contributed by atoms with Crippen molar-refractivity contribution in [2.75, 3.05) is 27.4 Å². The first kappa shape index (κ1) is 18.9. The molecule has 2 aromatic carbocycles. The molecule has 0 heterocycles. The summed E-state index contributed by atoms with van der Waals surface area (Å²) >= 11 is 0. The third-order valence-corrected chi connectivity index (χ3v) is 4.97. The van der Waals surface area contributed by atoms with E-state index < -0.39 is 18.1 Å². The van der Waals surface area contributed by atoms with E-state index >= 15 is 0 Å². The number of ether oxygens (including phenoxy) is 2. The molecule has 0 saturated carbocycles. The van der Waals surface area contributed by atoms with Crippen LogP contribution in [0.15, 0.2) is 48.5 Å². The van der Waals surface area contributed by atoms with Gasteiger partial charge in [-0.1, -0.05) is 48.5 Å². The number of hydrogen-bond donors (Lipinski definition) is 1. The summed E-state index contributed by atoms with van der Waals surface area (Å²) in [6.45, 7) is 0.409. The van der Waals surface area contributed by atoms with Gasteiger partial charge in [0.15, 0.2) is 0 Å². The van der Waals surface area contributed by atoms with Gasteiger partial charge in [-0.05, 0) is 22.3 Å². The first-order chi connectivity index (χ1) is 13.0. The number of hydrogen-bond acceptors (Lipinski definition) is 4. The van der Waals surface area contributed by atoms with Gasteiger partial charge in [-0.2, -0.15) is 0 Å². The van der Waals surface area contributed by atoms with Crippen LogP contribution in [0.3, 0.4) is 0 Å². The van der Waals surface area contributed by atoms with E-state index in [2.05, 4.69) is 12.1 Å². The van der Waals surface area contributed by atoms with Gasteiger partial charge in [-0.15, -0.1) is 0 Å². The minimum Gasteiger partial charge on any atom is -0.480 e. The Bertz CT molecular complexity index is 789. The Morgan fingerprint density at radius 1 is 1.07 bits per heavy atom. The SMILES string of the molecule is COCC[C@@H](C(=O)O)N(C)C(=O)OCC1c2ccccc2-c2ccccc21. The van der Waals surface area contributed by atoms with Gasteiger partial charge in [0.25, 0.3) is 0 Å². The molecule has 2 aromatic rings. The third kappa shape index (κ3) is 3.80. The van der Waals surface area contributed by atoms with Crippen molar-refractivity contribution in [2.45, 2.75) is 18.4 Å². The Hall–Kier alpha value is -2.86. The highest BCUT2D eigenvalue weighted by Crippen LogP contribution is 2.44. The average Bonchev–Trinajstić information content (AvgIpc) is 3.00. The van der Waals surface area contributed by atoms with Crippen molar-refractivity contribution in [3.8, 4) is 11.1 Å². The smallest absolute Gasteiger partial charge is 0.410 e. The summed E-state index contributed by atoms with van der Waals surface area (Å²) in [5.74, 6) is -1.14. The van der Waals surface area contributed by atoms with Crippen LogP contribution in [0.1, 0.15) is 23.5 Å². The van der Waals surface area contributed by atoms with Crippen molar-refractivity contribution in [2.24, 2.45) is 0 Å². The number of fused-ring (bicyclic) bond motifs is 3. The number of carbonyl (C=O) groups excluding carboxylic acids is 1. The summed E-state index contributed by atoms with van der Waals surface area (Å²) in [7, 11) is 2.93. The van der Waals surface area contributed by atoms with Crippen LogP contribution >= 0.6 is 0 Å².